The van der Waals surface area contributed by atoms with E-state index in [1.165, 1.54) is 19.1 Å². The average Bonchev–Trinajstić information content (AvgIpc) is 3.34. The van der Waals surface area contributed by atoms with Crippen LogP contribution in [-0.2, 0) is 16.1 Å². The van der Waals surface area contributed by atoms with E-state index in [1.54, 1.807) is 22.9 Å². The molecule has 0 bridgehead atoms. The molecule has 0 radical (unpaired) electrons. The second-order valence-corrected chi connectivity index (χ2v) is 10.0. The molecule has 1 N–H and O–H groups in total. The Hall–Kier alpha value is -4.40. The van der Waals surface area contributed by atoms with Crippen LogP contribution in [0.25, 0.3) is 11.0 Å². The highest BCUT2D eigenvalue weighted by Gasteiger charge is 2.37. The summed E-state index contributed by atoms with van der Waals surface area (Å²) in [5.41, 5.74) is 2.99. The first kappa shape index (κ1) is 27.6. The van der Waals surface area contributed by atoms with Crippen molar-refractivity contribution in [3.05, 3.63) is 77.9 Å². The van der Waals surface area contributed by atoms with Gasteiger partial charge in [-0.2, -0.15) is 0 Å². The largest absolute Gasteiger partial charge is 0.493 e. The molecule has 2 amide bonds. The molecule has 4 aromatic rings. The van der Waals surface area contributed by atoms with Crippen LogP contribution >= 0.6 is 0 Å². The number of nitrogens with zero attached hydrogens (tertiary/aromatic N) is 4. The van der Waals surface area contributed by atoms with E-state index in [0.29, 0.717) is 34.7 Å². The number of hydrogen-bond donors (Lipinski definition) is 1. The summed E-state index contributed by atoms with van der Waals surface area (Å²) in [6, 6.07) is 19.2. The predicted octanol–water partition coefficient (Wildman–Crippen LogP) is 4.84. The molecule has 0 aliphatic carbocycles. The van der Waals surface area contributed by atoms with E-state index in [0.717, 1.165) is 11.1 Å². The SMILES string of the molecule is CCC(C)(C)NC(=O)C(c1cccc(OC)c1OC)N(C(=O)Cn1nnc2ccccc21)c1ccc(C)cc1. The molecule has 4 rings (SSSR count). The lowest BCUT2D eigenvalue weighted by atomic mass is 9.97. The molecular weight excluding hydrogens is 494 g/mol. The third kappa shape index (κ3) is 5.87. The van der Waals surface area contributed by atoms with Crippen molar-refractivity contribution in [2.45, 2.75) is 52.2 Å². The highest BCUT2D eigenvalue weighted by atomic mass is 16.5. The minimum absolute atomic E-state index is 0.123. The van der Waals surface area contributed by atoms with Crippen molar-refractivity contribution in [2.24, 2.45) is 0 Å². The molecule has 0 spiro atoms. The topological polar surface area (TPSA) is 98.6 Å². The smallest absolute Gasteiger partial charge is 0.249 e. The fourth-order valence-electron chi connectivity index (χ4n) is 4.40. The number of nitrogens with one attached hydrogen (secondary N) is 1. The Morgan fingerprint density at radius 1 is 1.00 bits per heavy atom. The average molecular weight is 530 g/mol. The van der Waals surface area contributed by atoms with Crippen molar-refractivity contribution in [2.75, 3.05) is 19.1 Å². The quantitative estimate of drug-likeness (QED) is 0.316. The second kappa shape index (κ2) is 11.6. The number of methoxy groups -OCH3 is 2. The molecule has 1 aromatic heterocycles. The summed E-state index contributed by atoms with van der Waals surface area (Å²) in [5, 5.41) is 11.5. The molecule has 1 unspecified atom stereocenters. The molecule has 204 valence electrons. The molecular formula is C30H35N5O4. The maximum Gasteiger partial charge on any atom is 0.249 e. The summed E-state index contributed by atoms with van der Waals surface area (Å²) in [6.45, 7) is 7.74. The monoisotopic (exact) mass is 529 g/mol. The van der Waals surface area contributed by atoms with Crippen LogP contribution in [0.3, 0.4) is 0 Å². The summed E-state index contributed by atoms with van der Waals surface area (Å²) in [4.78, 5) is 29.9. The fraction of sp³-hybridized carbons (Fsp3) is 0.333. The van der Waals surface area contributed by atoms with E-state index in [1.807, 2.05) is 76.2 Å². The van der Waals surface area contributed by atoms with E-state index in [-0.39, 0.29) is 18.4 Å². The Bertz CT molecular complexity index is 1460. The molecule has 1 atom stereocenters. The van der Waals surface area contributed by atoms with Crippen LogP contribution in [0.5, 0.6) is 11.5 Å². The number of para-hydroxylation sites is 2. The van der Waals surface area contributed by atoms with E-state index in [2.05, 4.69) is 15.6 Å². The Labute approximate surface area is 228 Å². The molecule has 0 aliphatic rings. The van der Waals surface area contributed by atoms with Gasteiger partial charge in [0, 0.05) is 16.8 Å². The number of carbonyl (C=O) groups excluding carboxylic acids is 2. The zero-order valence-electron chi connectivity index (χ0n) is 23.3. The lowest BCUT2D eigenvalue weighted by Gasteiger charge is -2.35. The molecule has 0 aliphatic heterocycles. The first-order chi connectivity index (χ1) is 18.7. The molecule has 0 saturated carbocycles. The summed E-state index contributed by atoms with van der Waals surface area (Å²) in [6.07, 6.45) is 0.699. The Morgan fingerprint density at radius 3 is 2.38 bits per heavy atom. The minimum atomic E-state index is -1.06. The number of ether oxygens (including phenoxy) is 2. The summed E-state index contributed by atoms with van der Waals surface area (Å²) in [5.74, 6) is 0.159. The van der Waals surface area contributed by atoms with Gasteiger partial charge in [0.1, 0.15) is 18.1 Å². The lowest BCUT2D eigenvalue weighted by molar-refractivity contribution is -0.128. The van der Waals surface area contributed by atoms with Crippen molar-refractivity contribution in [3.63, 3.8) is 0 Å². The number of fused-ring (bicyclic) bond motifs is 1. The fourth-order valence-corrected chi connectivity index (χ4v) is 4.40. The van der Waals surface area contributed by atoms with Crippen LogP contribution in [0.4, 0.5) is 5.69 Å². The summed E-state index contributed by atoms with van der Waals surface area (Å²) < 4.78 is 12.8. The highest BCUT2D eigenvalue weighted by Crippen LogP contribution is 2.39. The Morgan fingerprint density at radius 2 is 1.72 bits per heavy atom. The van der Waals surface area contributed by atoms with Crippen molar-refractivity contribution < 1.29 is 19.1 Å². The Kier molecular flexibility index (Phi) is 8.18. The number of amides is 2. The Balaban J connectivity index is 1.89. The zero-order chi connectivity index (χ0) is 28.2. The van der Waals surface area contributed by atoms with Gasteiger partial charge >= 0.3 is 0 Å². The molecule has 3 aromatic carbocycles. The van der Waals surface area contributed by atoms with Gasteiger partial charge in [-0.25, -0.2) is 4.68 Å². The van der Waals surface area contributed by atoms with Crippen molar-refractivity contribution in [1.29, 1.82) is 0 Å². The van der Waals surface area contributed by atoms with E-state index < -0.39 is 11.6 Å². The minimum Gasteiger partial charge on any atom is -0.493 e. The number of rotatable bonds is 10. The number of aromatic nitrogens is 3. The number of benzene rings is 3. The van der Waals surface area contributed by atoms with Gasteiger partial charge in [-0.3, -0.25) is 14.5 Å². The van der Waals surface area contributed by atoms with Gasteiger partial charge in [0.2, 0.25) is 11.8 Å². The molecule has 1 heterocycles. The second-order valence-electron chi connectivity index (χ2n) is 10.0. The van der Waals surface area contributed by atoms with Crippen molar-refractivity contribution in [1.82, 2.24) is 20.3 Å². The van der Waals surface area contributed by atoms with Crippen molar-refractivity contribution in [3.8, 4) is 11.5 Å². The van der Waals surface area contributed by atoms with Crippen LogP contribution < -0.4 is 19.7 Å². The predicted molar refractivity (Wildman–Crippen MR) is 151 cm³/mol. The van der Waals surface area contributed by atoms with Gasteiger partial charge < -0.3 is 14.8 Å². The summed E-state index contributed by atoms with van der Waals surface area (Å²) in [7, 11) is 3.06. The summed E-state index contributed by atoms with van der Waals surface area (Å²) >= 11 is 0. The maximum atomic E-state index is 14.2. The van der Waals surface area contributed by atoms with Gasteiger partial charge in [0.25, 0.3) is 0 Å². The number of carbonyl (C=O) groups is 2. The molecule has 39 heavy (non-hydrogen) atoms. The third-order valence-electron chi connectivity index (χ3n) is 6.87. The maximum absolute atomic E-state index is 14.2. The van der Waals surface area contributed by atoms with Gasteiger partial charge in [-0.15, -0.1) is 5.10 Å². The molecule has 9 nitrogen and oxygen atoms in total. The van der Waals surface area contributed by atoms with Crippen LogP contribution in [0, 0.1) is 6.92 Å². The van der Waals surface area contributed by atoms with Crippen molar-refractivity contribution >= 4 is 28.5 Å². The van der Waals surface area contributed by atoms with Gasteiger partial charge in [0.05, 0.1) is 19.7 Å². The van der Waals surface area contributed by atoms with Crippen LogP contribution in [0.1, 0.15) is 44.4 Å². The van der Waals surface area contributed by atoms with Gasteiger partial charge in [-0.05, 0) is 57.5 Å². The zero-order valence-corrected chi connectivity index (χ0v) is 23.3. The first-order valence-electron chi connectivity index (χ1n) is 12.9. The van der Waals surface area contributed by atoms with Gasteiger partial charge in [0.15, 0.2) is 11.5 Å². The number of aryl methyl sites for hydroxylation is 1. The van der Waals surface area contributed by atoms with E-state index >= 15 is 0 Å². The third-order valence-corrected chi connectivity index (χ3v) is 6.87. The van der Waals surface area contributed by atoms with E-state index in [9.17, 15) is 9.59 Å². The standard InChI is InChI=1S/C30H35N5O4/c1-7-30(3,4)31-29(37)27(22-11-10-14-25(38-5)28(22)39-6)35(21-17-15-20(2)16-18-21)26(36)19-34-24-13-9-8-12-23(24)32-33-34/h8-18,27H,7,19H2,1-6H3,(H,31,37). The number of hydrogen-bond acceptors (Lipinski definition) is 6. The van der Waals surface area contributed by atoms with Crippen LogP contribution in [-0.4, -0.2) is 46.6 Å². The normalized spacial score (nSPS) is 12.2. The molecule has 0 saturated heterocycles. The first-order valence-corrected chi connectivity index (χ1v) is 12.9. The van der Waals surface area contributed by atoms with E-state index in [4.69, 9.17) is 9.47 Å². The molecule has 9 heteroatoms. The number of anilines is 1. The van der Waals surface area contributed by atoms with Crippen LogP contribution in [0.2, 0.25) is 0 Å². The lowest BCUT2D eigenvalue weighted by Crippen LogP contribution is -2.51. The van der Waals surface area contributed by atoms with Gasteiger partial charge in [-0.1, -0.05) is 54.1 Å². The van der Waals surface area contributed by atoms with Crippen LogP contribution in [0.15, 0.2) is 66.7 Å². The molecule has 0 fully saturated rings. The highest BCUT2D eigenvalue weighted by molar-refractivity contribution is 6.02.